The fourth-order valence-corrected chi connectivity index (χ4v) is 2.52. The van der Waals surface area contributed by atoms with E-state index >= 15 is 0 Å². The van der Waals surface area contributed by atoms with Gasteiger partial charge in [0.15, 0.2) is 0 Å². The van der Waals surface area contributed by atoms with Crippen LogP contribution in [-0.4, -0.2) is 36.1 Å². The molecule has 2 atom stereocenters. The van der Waals surface area contributed by atoms with Crippen molar-refractivity contribution in [3.8, 4) is 5.75 Å². The van der Waals surface area contributed by atoms with E-state index in [4.69, 9.17) is 10.5 Å². The molecular weight excluding hydrogens is 226 g/mol. The largest absolute Gasteiger partial charge is 0.497 e. The van der Waals surface area contributed by atoms with Crippen molar-refractivity contribution in [2.75, 3.05) is 20.2 Å². The van der Waals surface area contributed by atoms with E-state index in [1.807, 2.05) is 19.1 Å². The molecule has 0 radical (unpaired) electrons. The predicted molar refractivity (Wildman–Crippen MR) is 72.6 cm³/mol. The Morgan fingerprint density at radius 3 is 2.94 bits per heavy atom. The Balaban J connectivity index is 2.03. The van der Waals surface area contributed by atoms with Gasteiger partial charge in [0.25, 0.3) is 0 Å². The van der Waals surface area contributed by atoms with E-state index in [2.05, 4.69) is 16.8 Å². The summed E-state index contributed by atoms with van der Waals surface area (Å²) < 4.78 is 5.28. The highest BCUT2D eigenvalue weighted by molar-refractivity contribution is 5.26. The van der Waals surface area contributed by atoms with Crippen molar-refractivity contribution in [2.45, 2.75) is 32.9 Å². The van der Waals surface area contributed by atoms with Crippen molar-refractivity contribution in [3.63, 3.8) is 0 Å². The van der Waals surface area contributed by atoms with E-state index in [0.717, 1.165) is 43.2 Å². The molecule has 1 aliphatic heterocycles. The van der Waals surface area contributed by atoms with Crippen molar-refractivity contribution in [1.29, 1.82) is 0 Å². The number of ether oxygens (including phenoxy) is 1. The molecule has 0 aromatic carbocycles. The second-order valence-corrected chi connectivity index (χ2v) is 5.30. The normalized spacial score (nSPS) is 25.1. The Hall–Kier alpha value is -1.13. The molecule has 2 N–H and O–H groups in total. The topological polar surface area (TPSA) is 51.4 Å². The van der Waals surface area contributed by atoms with Gasteiger partial charge in [0.1, 0.15) is 5.75 Å². The Bertz CT molecular complexity index is 408. The van der Waals surface area contributed by atoms with Crippen LogP contribution < -0.4 is 10.5 Å². The molecule has 1 saturated heterocycles. The van der Waals surface area contributed by atoms with Crippen LogP contribution >= 0.6 is 0 Å². The van der Waals surface area contributed by atoms with Gasteiger partial charge in [-0.1, -0.05) is 6.92 Å². The number of pyridine rings is 1. The van der Waals surface area contributed by atoms with E-state index in [1.54, 1.807) is 7.11 Å². The third kappa shape index (κ3) is 3.21. The second-order valence-electron chi connectivity index (χ2n) is 5.30. The van der Waals surface area contributed by atoms with Crippen LogP contribution in [0.4, 0.5) is 0 Å². The third-order valence-electron chi connectivity index (χ3n) is 3.66. The lowest BCUT2D eigenvalue weighted by molar-refractivity contribution is 0.156. The molecule has 0 amide bonds. The average Bonchev–Trinajstić information content (AvgIpc) is 2.33. The highest BCUT2D eigenvalue weighted by Gasteiger charge is 2.23. The lowest BCUT2D eigenvalue weighted by atomic mass is 9.95. The maximum absolute atomic E-state index is 6.04. The summed E-state index contributed by atoms with van der Waals surface area (Å²) in [5.41, 5.74) is 8.13. The molecule has 4 nitrogen and oxygen atoms in total. The van der Waals surface area contributed by atoms with E-state index in [1.165, 1.54) is 0 Å². The monoisotopic (exact) mass is 249 g/mol. The summed E-state index contributed by atoms with van der Waals surface area (Å²) in [6.07, 6.45) is 1.07. The molecule has 18 heavy (non-hydrogen) atoms. The zero-order valence-electron chi connectivity index (χ0n) is 11.5. The summed E-state index contributed by atoms with van der Waals surface area (Å²) in [6, 6.07) is 4.33. The lowest BCUT2D eigenvalue weighted by Gasteiger charge is -2.34. The van der Waals surface area contributed by atoms with Gasteiger partial charge in [0, 0.05) is 43.5 Å². The first-order valence-corrected chi connectivity index (χ1v) is 6.58. The fraction of sp³-hybridized carbons (Fsp3) is 0.643. The lowest BCUT2D eigenvalue weighted by Crippen LogP contribution is -2.45. The number of aromatic nitrogens is 1. The van der Waals surface area contributed by atoms with Gasteiger partial charge in [-0.15, -0.1) is 0 Å². The van der Waals surface area contributed by atoms with Crippen LogP contribution in [0.3, 0.4) is 0 Å². The van der Waals surface area contributed by atoms with Crippen LogP contribution in [0.15, 0.2) is 12.1 Å². The van der Waals surface area contributed by atoms with Crippen molar-refractivity contribution < 1.29 is 4.74 Å². The second kappa shape index (κ2) is 5.67. The number of likely N-dealkylation sites (tertiary alicyclic amines) is 1. The quantitative estimate of drug-likeness (QED) is 0.883. The minimum Gasteiger partial charge on any atom is -0.497 e. The SMILES string of the molecule is COc1cc(C)nc(CN2CCC(N)C(C)C2)c1. The van der Waals surface area contributed by atoms with Gasteiger partial charge < -0.3 is 10.5 Å². The van der Waals surface area contributed by atoms with E-state index in [0.29, 0.717) is 12.0 Å². The molecule has 2 heterocycles. The Labute approximate surface area is 109 Å². The minimum atomic E-state index is 0.348. The van der Waals surface area contributed by atoms with E-state index < -0.39 is 0 Å². The first-order chi connectivity index (χ1) is 8.58. The van der Waals surface area contributed by atoms with Crippen LogP contribution in [0.5, 0.6) is 5.75 Å². The van der Waals surface area contributed by atoms with Gasteiger partial charge in [-0.2, -0.15) is 0 Å². The highest BCUT2D eigenvalue weighted by Crippen LogP contribution is 2.19. The number of methoxy groups -OCH3 is 1. The van der Waals surface area contributed by atoms with Gasteiger partial charge in [0.05, 0.1) is 12.8 Å². The van der Waals surface area contributed by atoms with Crippen molar-refractivity contribution >= 4 is 0 Å². The van der Waals surface area contributed by atoms with Gasteiger partial charge in [-0.05, 0) is 19.3 Å². The molecule has 0 saturated carbocycles. The molecule has 2 rings (SSSR count). The number of rotatable bonds is 3. The number of hydrogen-bond donors (Lipinski definition) is 1. The Morgan fingerprint density at radius 1 is 1.50 bits per heavy atom. The number of hydrogen-bond acceptors (Lipinski definition) is 4. The van der Waals surface area contributed by atoms with Crippen molar-refractivity contribution in [2.24, 2.45) is 11.7 Å². The molecule has 2 unspecified atom stereocenters. The molecule has 0 spiro atoms. The van der Waals surface area contributed by atoms with E-state index in [9.17, 15) is 0 Å². The molecular formula is C14H23N3O. The van der Waals surface area contributed by atoms with Crippen LogP contribution in [0, 0.1) is 12.8 Å². The standard InChI is InChI=1S/C14H23N3O/c1-10-8-17(5-4-14(10)15)9-12-7-13(18-3)6-11(2)16-12/h6-7,10,14H,4-5,8-9,15H2,1-3H3. The van der Waals surface area contributed by atoms with E-state index in [-0.39, 0.29) is 0 Å². The Morgan fingerprint density at radius 2 is 2.28 bits per heavy atom. The average molecular weight is 249 g/mol. The first-order valence-electron chi connectivity index (χ1n) is 6.58. The molecule has 0 bridgehead atoms. The van der Waals surface area contributed by atoms with Crippen molar-refractivity contribution in [1.82, 2.24) is 9.88 Å². The number of nitrogens with zero attached hydrogens (tertiary/aromatic N) is 2. The van der Waals surface area contributed by atoms with Crippen molar-refractivity contribution in [3.05, 3.63) is 23.5 Å². The molecule has 1 aliphatic rings. The number of piperidine rings is 1. The number of aryl methyl sites for hydroxylation is 1. The third-order valence-corrected chi connectivity index (χ3v) is 3.66. The predicted octanol–water partition coefficient (Wildman–Crippen LogP) is 1.57. The van der Waals surface area contributed by atoms with Crippen LogP contribution in [0.1, 0.15) is 24.7 Å². The molecule has 100 valence electrons. The van der Waals surface area contributed by atoms with Crippen LogP contribution in [0.2, 0.25) is 0 Å². The zero-order chi connectivity index (χ0) is 13.1. The minimum absolute atomic E-state index is 0.348. The summed E-state index contributed by atoms with van der Waals surface area (Å²) in [5, 5.41) is 0. The van der Waals surface area contributed by atoms with Gasteiger partial charge in [0.2, 0.25) is 0 Å². The molecule has 1 fully saturated rings. The molecule has 4 heteroatoms. The van der Waals surface area contributed by atoms with Gasteiger partial charge in [-0.3, -0.25) is 9.88 Å². The summed E-state index contributed by atoms with van der Waals surface area (Å²) >= 11 is 0. The summed E-state index contributed by atoms with van der Waals surface area (Å²) in [5.74, 6) is 1.45. The molecule has 1 aromatic rings. The molecule has 1 aromatic heterocycles. The maximum atomic E-state index is 6.04. The van der Waals surface area contributed by atoms with Crippen LogP contribution in [-0.2, 0) is 6.54 Å². The first kappa shape index (κ1) is 13.3. The van der Waals surface area contributed by atoms with Gasteiger partial charge in [-0.25, -0.2) is 0 Å². The summed E-state index contributed by atoms with van der Waals surface area (Å²) in [7, 11) is 1.69. The zero-order valence-corrected chi connectivity index (χ0v) is 11.5. The maximum Gasteiger partial charge on any atom is 0.122 e. The molecule has 0 aliphatic carbocycles. The smallest absolute Gasteiger partial charge is 0.122 e. The Kier molecular flexibility index (Phi) is 4.19. The fourth-order valence-electron chi connectivity index (χ4n) is 2.52. The summed E-state index contributed by atoms with van der Waals surface area (Å²) in [4.78, 5) is 6.99. The van der Waals surface area contributed by atoms with Gasteiger partial charge >= 0.3 is 0 Å². The highest BCUT2D eigenvalue weighted by atomic mass is 16.5. The number of nitrogens with two attached hydrogens (primary N) is 1. The summed E-state index contributed by atoms with van der Waals surface area (Å²) in [6.45, 7) is 7.22. The van der Waals surface area contributed by atoms with Crippen LogP contribution in [0.25, 0.3) is 0 Å².